The molecule has 0 aliphatic heterocycles. The molecule has 1 radical (unpaired) electrons. The van der Waals surface area contributed by atoms with Crippen molar-refractivity contribution >= 4 is 28.5 Å². The number of hydrogen-bond acceptors (Lipinski definition) is 1. The summed E-state index contributed by atoms with van der Waals surface area (Å²) in [5, 5.41) is 0. The van der Waals surface area contributed by atoms with Gasteiger partial charge in [0.1, 0.15) is 0 Å². The quantitative estimate of drug-likeness (QED) is 0.473. The summed E-state index contributed by atoms with van der Waals surface area (Å²) in [6, 6.07) is 0. The van der Waals surface area contributed by atoms with Crippen LogP contribution in [0.15, 0.2) is 0 Å². The van der Waals surface area contributed by atoms with Crippen LogP contribution in [-0.2, 0) is 0 Å². The van der Waals surface area contributed by atoms with E-state index in [1.165, 1.54) is 44.9 Å². The molecule has 0 amide bonds. The van der Waals surface area contributed by atoms with Crippen molar-refractivity contribution in [2.75, 3.05) is 0 Å². The van der Waals surface area contributed by atoms with E-state index in [0.717, 1.165) is 3.93 Å². The van der Waals surface area contributed by atoms with Gasteiger partial charge in [0.2, 0.25) is 0 Å². The Morgan fingerprint density at radius 3 is 2.08 bits per heavy atom. The Kier molecular flexibility index (Phi) is 11.0. The van der Waals surface area contributed by atoms with E-state index in [9.17, 15) is 0 Å². The Morgan fingerprint density at radius 2 is 1.58 bits per heavy atom. The minimum absolute atomic E-state index is 0.386. The first-order valence-corrected chi connectivity index (χ1v) is 10.8. The molecule has 0 aliphatic carbocycles. The third-order valence-corrected chi connectivity index (χ3v) is 7.06. The monoisotopic (exact) mass is 293 g/mol. The van der Waals surface area contributed by atoms with Crippen LogP contribution < -0.4 is 0 Å². The van der Waals surface area contributed by atoms with Crippen molar-refractivity contribution in [2.45, 2.75) is 62.7 Å². The molecule has 0 aliphatic rings. The molecule has 0 fully saturated rings. The maximum absolute atomic E-state index is 5.31. The van der Waals surface area contributed by atoms with Crippen molar-refractivity contribution < 1.29 is 0 Å². The molecule has 0 saturated heterocycles. The van der Waals surface area contributed by atoms with E-state index in [-0.39, 0.29) is 19.2 Å². The van der Waals surface area contributed by atoms with E-state index in [1.54, 1.807) is 0 Å². The summed E-state index contributed by atoms with van der Waals surface area (Å²) in [5.41, 5.74) is 0. The molecule has 2 heteroatoms. The molecule has 0 aromatic carbocycles. The van der Waals surface area contributed by atoms with Crippen molar-refractivity contribution in [1.29, 1.82) is 0 Å². The predicted molar refractivity (Wildman–Crippen MR) is 60.8 cm³/mol. The predicted octanol–water partition coefficient (Wildman–Crippen LogP) is 4.36. The van der Waals surface area contributed by atoms with Crippen LogP contribution in [0.25, 0.3) is 0 Å². The van der Waals surface area contributed by atoms with Crippen molar-refractivity contribution in [3.8, 4) is 0 Å². The summed E-state index contributed by atoms with van der Waals surface area (Å²) >= 11 is -0.386. The number of rotatable bonds is 8. The van der Waals surface area contributed by atoms with Gasteiger partial charge in [-0.3, -0.25) is 0 Å². The molecule has 0 spiro atoms. The van der Waals surface area contributed by atoms with Crippen LogP contribution >= 0.6 is 9.29 Å². The zero-order valence-corrected chi connectivity index (χ0v) is 12.1. The van der Waals surface area contributed by atoms with Gasteiger partial charge in [0.25, 0.3) is 0 Å². The van der Waals surface area contributed by atoms with Crippen LogP contribution in [0.5, 0.6) is 0 Å². The molecule has 71 valence electrons. The fourth-order valence-electron chi connectivity index (χ4n) is 1.35. The van der Waals surface area contributed by atoms with Crippen LogP contribution in [0.1, 0.15) is 58.8 Å². The standard InChI is InChI=1S/C10H21.S.Sn/c1-3-5-7-9-10-8-6-4-2;;/h9H,3-8,10H2,1-2H3;;. The zero-order chi connectivity index (χ0) is 9.23. The molecule has 0 nitrogen and oxygen atoms in total. The Balaban J connectivity index is 3.32. The Morgan fingerprint density at radius 1 is 1.00 bits per heavy atom. The summed E-state index contributed by atoms with van der Waals surface area (Å²) in [7, 11) is 5.31. The summed E-state index contributed by atoms with van der Waals surface area (Å²) in [6.45, 7) is 4.55. The van der Waals surface area contributed by atoms with E-state index < -0.39 is 0 Å². The second-order valence-corrected chi connectivity index (χ2v) is 8.04. The molecule has 0 N–H and O–H groups in total. The normalized spacial score (nSPS) is 12.8. The average molecular weight is 292 g/mol. The van der Waals surface area contributed by atoms with Crippen LogP contribution in [-0.4, -0.2) is 19.2 Å². The van der Waals surface area contributed by atoms with Crippen molar-refractivity contribution in [2.24, 2.45) is 0 Å². The van der Waals surface area contributed by atoms with Crippen molar-refractivity contribution in [3.05, 3.63) is 0 Å². The SMILES string of the molecule is CCCCC[CH](CCCC)[Sn]=[S]. The molecular weight excluding hydrogens is 271 g/mol. The van der Waals surface area contributed by atoms with E-state index in [1.807, 2.05) is 0 Å². The van der Waals surface area contributed by atoms with Gasteiger partial charge in [-0.2, -0.15) is 0 Å². The molecular formula is C10H21SSn. The number of unbranched alkanes of at least 4 members (excludes halogenated alkanes) is 3. The first kappa shape index (κ1) is 13.0. The topological polar surface area (TPSA) is 0 Å². The summed E-state index contributed by atoms with van der Waals surface area (Å²) in [6.07, 6.45) is 9.84. The first-order chi connectivity index (χ1) is 5.85. The fraction of sp³-hybridized carbons (Fsp3) is 1.00. The van der Waals surface area contributed by atoms with Gasteiger partial charge in [-0.1, -0.05) is 0 Å². The van der Waals surface area contributed by atoms with Gasteiger partial charge in [-0.25, -0.2) is 0 Å². The van der Waals surface area contributed by atoms with Gasteiger partial charge in [0.05, 0.1) is 0 Å². The summed E-state index contributed by atoms with van der Waals surface area (Å²) in [4.78, 5) is 0. The Labute approximate surface area is 90.9 Å². The summed E-state index contributed by atoms with van der Waals surface area (Å²) in [5.74, 6) is 0. The number of hydrogen-bond donors (Lipinski definition) is 0. The van der Waals surface area contributed by atoms with Crippen LogP contribution in [0.2, 0.25) is 3.93 Å². The Bertz CT molecular complexity index is 104. The molecule has 1 atom stereocenters. The molecule has 1 unspecified atom stereocenters. The molecule has 0 aromatic rings. The molecule has 12 heavy (non-hydrogen) atoms. The van der Waals surface area contributed by atoms with Gasteiger partial charge in [0, 0.05) is 0 Å². The van der Waals surface area contributed by atoms with Crippen LogP contribution in [0.3, 0.4) is 0 Å². The summed E-state index contributed by atoms with van der Waals surface area (Å²) < 4.78 is 1.01. The second-order valence-electron chi connectivity index (χ2n) is 3.45. The van der Waals surface area contributed by atoms with Gasteiger partial charge >= 0.3 is 91.2 Å². The van der Waals surface area contributed by atoms with Crippen LogP contribution in [0.4, 0.5) is 0 Å². The van der Waals surface area contributed by atoms with Gasteiger partial charge in [0.15, 0.2) is 0 Å². The van der Waals surface area contributed by atoms with E-state index in [4.69, 9.17) is 9.29 Å². The molecule has 0 aromatic heterocycles. The minimum atomic E-state index is -0.386. The third kappa shape index (κ3) is 7.66. The molecule has 0 rings (SSSR count). The molecule has 0 saturated carbocycles. The molecule has 0 bridgehead atoms. The second kappa shape index (κ2) is 10.1. The average Bonchev–Trinajstić information content (AvgIpc) is 2.11. The van der Waals surface area contributed by atoms with E-state index >= 15 is 0 Å². The zero-order valence-electron chi connectivity index (χ0n) is 8.44. The van der Waals surface area contributed by atoms with Gasteiger partial charge < -0.3 is 0 Å². The van der Waals surface area contributed by atoms with E-state index in [2.05, 4.69) is 13.8 Å². The van der Waals surface area contributed by atoms with Gasteiger partial charge in [-0.05, 0) is 0 Å². The fourth-order valence-corrected chi connectivity index (χ4v) is 4.77. The van der Waals surface area contributed by atoms with Gasteiger partial charge in [-0.15, -0.1) is 0 Å². The Hall–Kier alpha value is 1.02. The van der Waals surface area contributed by atoms with Crippen LogP contribution in [0, 0.1) is 0 Å². The first-order valence-electron chi connectivity index (χ1n) is 5.22. The third-order valence-electron chi connectivity index (χ3n) is 2.23. The molecule has 0 heterocycles. The maximum atomic E-state index is 5.31. The van der Waals surface area contributed by atoms with E-state index in [0.29, 0.717) is 0 Å². The van der Waals surface area contributed by atoms with Crippen molar-refractivity contribution in [1.82, 2.24) is 0 Å². The van der Waals surface area contributed by atoms with Crippen molar-refractivity contribution in [3.63, 3.8) is 0 Å².